The molecule has 0 unspecified atom stereocenters. The van der Waals surface area contributed by atoms with E-state index >= 15 is 0 Å². The van der Waals surface area contributed by atoms with Crippen LogP contribution in [-0.2, 0) is 0 Å². The SMILES string of the molecule is O=[N+]([O-])c1ccccc1/C=C/C=C1c2ccccc2-c2ccccc21. The van der Waals surface area contributed by atoms with Crippen molar-refractivity contribution in [3.63, 3.8) is 0 Å². The summed E-state index contributed by atoms with van der Waals surface area (Å²) in [6.07, 6.45) is 5.70. The number of nitrogens with zero attached hydrogens (tertiary/aromatic N) is 1. The molecule has 0 heterocycles. The molecule has 3 aromatic rings. The third-order valence-corrected chi connectivity index (χ3v) is 4.40. The van der Waals surface area contributed by atoms with E-state index in [9.17, 15) is 10.1 Å². The van der Waals surface area contributed by atoms with E-state index in [0.29, 0.717) is 5.56 Å². The lowest BCUT2D eigenvalue weighted by atomic mass is 10.0. The number of para-hydroxylation sites is 1. The van der Waals surface area contributed by atoms with Crippen LogP contribution < -0.4 is 0 Å². The smallest absolute Gasteiger partial charge is 0.258 e. The highest BCUT2D eigenvalue weighted by molar-refractivity contribution is 6.01. The molecule has 1 aliphatic carbocycles. The van der Waals surface area contributed by atoms with E-state index in [0.717, 1.165) is 5.57 Å². The summed E-state index contributed by atoms with van der Waals surface area (Å²) in [6.45, 7) is 0. The second-order valence-electron chi connectivity index (χ2n) is 5.85. The van der Waals surface area contributed by atoms with Gasteiger partial charge in [0, 0.05) is 6.07 Å². The third-order valence-electron chi connectivity index (χ3n) is 4.40. The van der Waals surface area contributed by atoms with Crippen LogP contribution in [0.2, 0.25) is 0 Å². The molecule has 0 fully saturated rings. The van der Waals surface area contributed by atoms with Gasteiger partial charge >= 0.3 is 0 Å². The van der Waals surface area contributed by atoms with E-state index in [-0.39, 0.29) is 10.6 Å². The van der Waals surface area contributed by atoms with Crippen LogP contribution in [0.5, 0.6) is 0 Å². The second-order valence-corrected chi connectivity index (χ2v) is 5.85. The molecule has 0 aromatic heterocycles. The number of fused-ring (bicyclic) bond motifs is 3. The number of hydrogen-bond acceptors (Lipinski definition) is 2. The normalized spacial score (nSPS) is 12.1. The van der Waals surface area contributed by atoms with E-state index in [1.807, 2.05) is 36.4 Å². The van der Waals surface area contributed by atoms with Crippen molar-refractivity contribution in [2.45, 2.75) is 0 Å². The van der Waals surface area contributed by atoms with Crippen LogP contribution in [0.4, 0.5) is 5.69 Å². The van der Waals surface area contributed by atoms with Gasteiger partial charge < -0.3 is 0 Å². The Kier molecular flexibility index (Phi) is 3.75. The lowest BCUT2D eigenvalue weighted by Crippen LogP contribution is -1.90. The number of allylic oxidation sites excluding steroid dienone is 2. The zero-order chi connectivity index (χ0) is 17.2. The number of hydrogen-bond donors (Lipinski definition) is 0. The molecule has 1 aliphatic rings. The average Bonchev–Trinajstić information content (AvgIpc) is 2.96. The first-order chi connectivity index (χ1) is 12.3. The maximum absolute atomic E-state index is 11.1. The molecule has 0 N–H and O–H groups in total. The van der Waals surface area contributed by atoms with E-state index in [1.165, 1.54) is 28.3 Å². The van der Waals surface area contributed by atoms with E-state index in [1.54, 1.807) is 24.3 Å². The summed E-state index contributed by atoms with van der Waals surface area (Å²) in [6, 6.07) is 23.4. The fraction of sp³-hybridized carbons (Fsp3) is 0. The highest BCUT2D eigenvalue weighted by Gasteiger charge is 2.21. The van der Waals surface area contributed by atoms with Gasteiger partial charge in [-0.2, -0.15) is 0 Å². The third kappa shape index (κ3) is 2.66. The Bertz CT molecular complexity index is 984. The Morgan fingerprint density at radius 1 is 0.720 bits per heavy atom. The summed E-state index contributed by atoms with van der Waals surface area (Å²) in [5.41, 5.74) is 6.69. The van der Waals surface area contributed by atoms with Gasteiger partial charge in [-0.1, -0.05) is 72.8 Å². The van der Waals surface area contributed by atoms with Gasteiger partial charge in [-0.25, -0.2) is 0 Å². The average molecular weight is 325 g/mol. The number of benzene rings is 3. The Hall–Kier alpha value is -3.46. The first-order valence-electron chi connectivity index (χ1n) is 8.06. The molecule has 0 bridgehead atoms. The van der Waals surface area contributed by atoms with Gasteiger partial charge in [0.05, 0.1) is 10.5 Å². The van der Waals surface area contributed by atoms with Crippen molar-refractivity contribution in [2.75, 3.05) is 0 Å². The van der Waals surface area contributed by atoms with Gasteiger partial charge in [0.1, 0.15) is 0 Å². The zero-order valence-electron chi connectivity index (χ0n) is 13.4. The molecular formula is C22H15NO2. The molecule has 3 aromatic carbocycles. The summed E-state index contributed by atoms with van der Waals surface area (Å²) in [7, 11) is 0. The lowest BCUT2D eigenvalue weighted by molar-refractivity contribution is -0.385. The summed E-state index contributed by atoms with van der Waals surface area (Å²) in [5.74, 6) is 0. The highest BCUT2D eigenvalue weighted by Crippen LogP contribution is 2.43. The predicted octanol–water partition coefficient (Wildman–Crippen LogP) is 5.72. The summed E-state index contributed by atoms with van der Waals surface area (Å²) < 4.78 is 0. The molecule has 0 atom stereocenters. The first kappa shape index (κ1) is 15.1. The standard InChI is InChI=1S/C22H15NO2/c24-23(25)22-15-6-1-8-16(22)9-7-14-21-19-12-4-2-10-17(19)18-11-3-5-13-20(18)21/h1-15H/b9-7+. The summed E-state index contributed by atoms with van der Waals surface area (Å²) in [4.78, 5) is 10.8. The van der Waals surface area contributed by atoms with Crippen molar-refractivity contribution in [1.82, 2.24) is 0 Å². The summed E-state index contributed by atoms with van der Waals surface area (Å²) in [5, 5.41) is 11.1. The maximum Gasteiger partial charge on any atom is 0.276 e. The lowest BCUT2D eigenvalue weighted by Gasteiger charge is -2.00. The van der Waals surface area contributed by atoms with Crippen LogP contribution in [-0.4, -0.2) is 4.92 Å². The first-order valence-corrected chi connectivity index (χ1v) is 8.06. The van der Waals surface area contributed by atoms with Crippen molar-refractivity contribution in [3.8, 4) is 11.1 Å². The highest BCUT2D eigenvalue weighted by atomic mass is 16.6. The van der Waals surface area contributed by atoms with E-state index in [2.05, 4.69) is 24.3 Å². The van der Waals surface area contributed by atoms with Crippen molar-refractivity contribution in [1.29, 1.82) is 0 Å². The monoisotopic (exact) mass is 325 g/mol. The molecule has 120 valence electrons. The summed E-state index contributed by atoms with van der Waals surface area (Å²) >= 11 is 0. The molecule has 0 saturated carbocycles. The van der Waals surface area contributed by atoms with E-state index in [4.69, 9.17) is 0 Å². The molecule has 0 saturated heterocycles. The second kappa shape index (κ2) is 6.21. The van der Waals surface area contributed by atoms with Gasteiger partial charge in [0.2, 0.25) is 0 Å². The van der Waals surface area contributed by atoms with Gasteiger partial charge in [-0.15, -0.1) is 0 Å². The molecule has 0 spiro atoms. The van der Waals surface area contributed by atoms with Crippen LogP contribution in [0.15, 0.2) is 84.9 Å². The Morgan fingerprint density at radius 2 is 1.24 bits per heavy atom. The Labute approximate surface area is 145 Å². The van der Waals surface area contributed by atoms with Gasteiger partial charge in [-0.05, 0) is 40.0 Å². The Balaban J connectivity index is 1.77. The largest absolute Gasteiger partial charge is 0.276 e. The molecule has 3 nitrogen and oxygen atoms in total. The fourth-order valence-corrected chi connectivity index (χ4v) is 3.27. The molecule has 0 amide bonds. The molecule has 0 radical (unpaired) electrons. The number of nitro groups is 1. The number of rotatable bonds is 3. The van der Waals surface area contributed by atoms with Crippen LogP contribution in [0, 0.1) is 10.1 Å². The molecule has 3 heteroatoms. The zero-order valence-corrected chi connectivity index (χ0v) is 13.4. The molecular weight excluding hydrogens is 310 g/mol. The van der Waals surface area contributed by atoms with Crippen molar-refractivity contribution >= 4 is 17.3 Å². The number of nitro benzene ring substituents is 1. The topological polar surface area (TPSA) is 43.1 Å². The van der Waals surface area contributed by atoms with Gasteiger partial charge in [0.15, 0.2) is 0 Å². The Morgan fingerprint density at radius 3 is 1.84 bits per heavy atom. The van der Waals surface area contributed by atoms with Crippen molar-refractivity contribution in [3.05, 3.63) is 112 Å². The van der Waals surface area contributed by atoms with Crippen LogP contribution >= 0.6 is 0 Å². The van der Waals surface area contributed by atoms with Crippen LogP contribution in [0.1, 0.15) is 16.7 Å². The van der Waals surface area contributed by atoms with E-state index < -0.39 is 0 Å². The predicted molar refractivity (Wildman–Crippen MR) is 101 cm³/mol. The minimum Gasteiger partial charge on any atom is -0.258 e. The fourth-order valence-electron chi connectivity index (χ4n) is 3.27. The minimum atomic E-state index is -0.354. The van der Waals surface area contributed by atoms with Crippen LogP contribution in [0.3, 0.4) is 0 Å². The van der Waals surface area contributed by atoms with Gasteiger partial charge in [-0.3, -0.25) is 10.1 Å². The van der Waals surface area contributed by atoms with Crippen molar-refractivity contribution < 1.29 is 4.92 Å². The molecule has 25 heavy (non-hydrogen) atoms. The quantitative estimate of drug-likeness (QED) is 0.357. The molecule has 4 rings (SSSR count). The molecule has 0 aliphatic heterocycles. The minimum absolute atomic E-state index is 0.115. The van der Waals surface area contributed by atoms with Crippen LogP contribution in [0.25, 0.3) is 22.8 Å². The van der Waals surface area contributed by atoms with Gasteiger partial charge in [0.25, 0.3) is 5.69 Å². The van der Waals surface area contributed by atoms with Crippen molar-refractivity contribution in [2.24, 2.45) is 0 Å². The maximum atomic E-state index is 11.1.